The molecule has 2 aliphatic rings. The summed E-state index contributed by atoms with van der Waals surface area (Å²) in [5.74, 6) is -0.660. The van der Waals surface area contributed by atoms with Gasteiger partial charge in [0.25, 0.3) is 5.91 Å². The molecule has 0 saturated carbocycles. The van der Waals surface area contributed by atoms with Crippen molar-refractivity contribution < 1.29 is 27.5 Å². The number of aromatic amines is 1. The fourth-order valence-corrected chi connectivity index (χ4v) is 3.19. The molecule has 2 heterocycles. The third-order valence-electron chi connectivity index (χ3n) is 4.31. The molecule has 0 radical (unpaired) electrons. The average molecular weight is 330 g/mol. The van der Waals surface area contributed by atoms with Crippen molar-refractivity contribution >= 4 is 11.7 Å². The molecule has 8 heteroatoms. The number of aryl methyl sites for hydroxylation is 2. The van der Waals surface area contributed by atoms with Crippen LogP contribution in [-0.2, 0) is 11.2 Å². The van der Waals surface area contributed by atoms with Crippen LogP contribution in [-0.4, -0.2) is 53.6 Å². The van der Waals surface area contributed by atoms with Crippen LogP contribution in [0, 0.1) is 6.92 Å². The van der Waals surface area contributed by atoms with E-state index in [-0.39, 0.29) is 24.5 Å². The first-order chi connectivity index (χ1) is 10.8. The Bertz CT molecular complexity index is 651. The van der Waals surface area contributed by atoms with Gasteiger partial charge in [-0.05, 0) is 19.8 Å². The molecule has 1 saturated heterocycles. The van der Waals surface area contributed by atoms with Crippen LogP contribution >= 0.6 is 0 Å². The summed E-state index contributed by atoms with van der Waals surface area (Å²) in [4.78, 5) is 29.0. The van der Waals surface area contributed by atoms with Crippen molar-refractivity contribution in [1.29, 1.82) is 0 Å². The van der Waals surface area contributed by atoms with Crippen molar-refractivity contribution in [3.63, 3.8) is 0 Å². The lowest BCUT2D eigenvalue weighted by Crippen LogP contribution is -2.51. The second-order valence-corrected chi connectivity index (χ2v) is 5.91. The maximum Gasteiger partial charge on any atom is 0.416 e. The summed E-state index contributed by atoms with van der Waals surface area (Å²) in [7, 11) is 0. The number of carbonyl (C=O) groups excluding carboxylic acids is 2. The number of H-pyrrole nitrogens is 1. The molecule has 1 aliphatic carbocycles. The molecule has 1 atom stereocenters. The average Bonchev–Trinajstić information content (AvgIpc) is 2.83. The van der Waals surface area contributed by atoms with E-state index in [1.54, 1.807) is 6.92 Å². The van der Waals surface area contributed by atoms with E-state index in [4.69, 9.17) is 4.74 Å². The van der Waals surface area contributed by atoms with Crippen molar-refractivity contribution in [2.24, 2.45) is 0 Å². The van der Waals surface area contributed by atoms with Crippen molar-refractivity contribution in [3.8, 4) is 0 Å². The smallest absolute Gasteiger partial charge is 0.365 e. The third-order valence-corrected chi connectivity index (χ3v) is 4.31. The van der Waals surface area contributed by atoms with Gasteiger partial charge in [0.1, 0.15) is 0 Å². The molecule has 1 fully saturated rings. The van der Waals surface area contributed by atoms with E-state index >= 15 is 0 Å². The van der Waals surface area contributed by atoms with E-state index in [0.717, 1.165) is 4.90 Å². The van der Waals surface area contributed by atoms with Gasteiger partial charge in [-0.3, -0.25) is 9.59 Å². The van der Waals surface area contributed by atoms with Gasteiger partial charge < -0.3 is 14.6 Å². The van der Waals surface area contributed by atoms with Crippen molar-refractivity contribution in [3.05, 3.63) is 22.5 Å². The number of hydrogen-bond donors (Lipinski definition) is 1. The van der Waals surface area contributed by atoms with Gasteiger partial charge in [-0.1, -0.05) is 0 Å². The highest BCUT2D eigenvalue weighted by molar-refractivity contribution is 6.10. The molecule has 1 N–H and O–H groups in total. The number of nitrogens with one attached hydrogen (secondary N) is 1. The zero-order valence-corrected chi connectivity index (χ0v) is 12.6. The molecule has 23 heavy (non-hydrogen) atoms. The van der Waals surface area contributed by atoms with Crippen LogP contribution in [0.2, 0.25) is 0 Å². The first kappa shape index (κ1) is 16.0. The topological polar surface area (TPSA) is 62.4 Å². The van der Waals surface area contributed by atoms with Crippen molar-refractivity contribution in [1.82, 2.24) is 9.88 Å². The van der Waals surface area contributed by atoms with E-state index in [0.29, 0.717) is 36.2 Å². The number of ketones is 1. The lowest BCUT2D eigenvalue weighted by molar-refractivity contribution is -0.233. The van der Waals surface area contributed by atoms with E-state index < -0.39 is 24.7 Å². The summed E-state index contributed by atoms with van der Waals surface area (Å²) in [6.45, 7) is 1.03. The number of alkyl halides is 3. The van der Waals surface area contributed by atoms with Crippen LogP contribution < -0.4 is 0 Å². The highest BCUT2D eigenvalue weighted by Crippen LogP contribution is 2.30. The van der Waals surface area contributed by atoms with Crippen LogP contribution in [0.5, 0.6) is 0 Å². The number of ether oxygens (including phenoxy) is 1. The predicted molar refractivity (Wildman–Crippen MR) is 74.5 cm³/mol. The van der Waals surface area contributed by atoms with Gasteiger partial charge in [0.2, 0.25) is 0 Å². The number of morpholine rings is 1. The third kappa shape index (κ3) is 2.87. The normalized spacial score (nSPS) is 22.2. The Hall–Kier alpha value is -1.83. The Morgan fingerprint density at radius 1 is 1.35 bits per heavy atom. The van der Waals surface area contributed by atoms with Gasteiger partial charge in [0, 0.05) is 24.4 Å². The minimum Gasteiger partial charge on any atom is -0.365 e. The van der Waals surface area contributed by atoms with Gasteiger partial charge in [0.15, 0.2) is 11.9 Å². The Labute approximate surface area is 130 Å². The molecule has 3 rings (SSSR count). The standard InChI is InChI=1S/C15H17F3N2O3/c1-8-12(13-9(19-8)3-2-4-10(13)21)14(22)20-5-6-23-11(7-20)15(16,17)18/h11,19H,2-7H2,1H3/t11-/m0/s1. The lowest BCUT2D eigenvalue weighted by atomic mass is 9.92. The first-order valence-electron chi connectivity index (χ1n) is 7.51. The fraction of sp³-hybridized carbons (Fsp3) is 0.600. The SMILES string of the molecule is Cc1[nH]c2c(c1C(=O)N1CCO[C@H](C(F)(F)F)C1)C(=O)CCC2. The minimum absolute atomic E-state index is 0.0823. The zero-order valence-electron chi connectivity index (χ0n) is 12.6. The molecule has 0 spiro atoms. The summed E-state index contributed by atoms with van der Waals surface area (Å²) in [5, 5.41) is 0. The minimum atomic E-state index is -4.51. The van der Waals surface area contributed by atoms with E-state index in [9.17, 15) is 22.8 Å². The van der Waals surface area contributed by atoms with Gasteiger partial charge in [-0.25, -0.2) is 0 Å². The Morgan fingerprint density at radius 3 is 2.78 bits per heavy atom. The summed E-state index contributed by atoms with van der Waals surface area (Å²) in [6, 6.07) is 0. The molecular weight excluding hydrogens is 313 g/mol. The highest BCUT2D eigenvalue weighted by Gasteiger charge is 2.45. The number of carbonyl (C=O) groups is 2. The second kappa shape index (κ2) is 5.67. The van der Waals surface area contributed by atoms with Gasteiger partial charge in [-0.2, -0.15) is 13.2 Å². The summed E-state index contributed by atoms with van der Waals surface area (Å²) in [6.07, 6.45) is -4.75. The number of nitrogens with zero attached hydrogens (tertiary/aromatic N) is 1. The van der Waals surface area contributed by atoms with Crippen LogP contribution in [0.4, 0.5) is 13.2 Å². The molecule has 1 amide bonds. The summed E-state index contributed by atoms with van der Waals surface area (Å²) < 4.78 is 43.1. The molecule has 0 unspecified atom stereocenters. The zero-order chi connectivity index (χ0) is 16.8. The number of halogens is 3. The van der Waals surface area contributed by atoms with E-state index in [2.05, 4.69) is 4.98 Å². The van der Waals surface area contributed by atoms with Crippen LogP contribution in [0.1, 0.15) is 44.9 Å². The Balaban J connectivity index is 1.89. The highest BCUT2D eigenvalue weighted by atomic mass is 19.4. The maximum absolute atomic E-state index is 12.8. The molecule has 5 nitrogen and oxygen atoms in total. The Kier molecular flexibility index (Phi) is 3.95. The van der Waals surface area contributed by atoms with E-state index in [1.165, 1.54) is 0 Å². The molecule has 126 valence electrons. The van der Waals surface area contributed by atoms with Gasteiger partial charge >= 0.3 is 6.18 Å². The van der Waals surface area contributed by atoms with Crippen molar-refractivity contribution in [2.45, 2.75) is 38.5 Å². The number of hydrogen-bond acceptors (Lipinski definition) is 3. The quantitative estimate of drug-likeness (QED) is 0.859. The van der Waals surface area contributed by atoms with E-state index in [1.807, 2.05) is 0 Å². The number of amides is 1. The maximum atomic E-state index is 12.8. The van der Waals surface area contributed by atoms with Gasteiger partial charge in [0.05, 0.1) is 24.3 Å². The number of rotatable bonds is 1. The summed E-state index contributed by atoms with van der Waals surface area (Å²) >= 11 is 0. The fourth-order valence-electron chi connectivity index (χ4n) is 3.19. The Morgan fingerprint density at radius 2 is 2.09 bits per heavy atom. The van der Waals surface area contributed by atoms with Gasteiger partial charge in [-0.15, -0.1) is 0 Å². The number of Topliss-reactive ketones (excluding diaryl/α,β-unsaturated/α-hetero) is 1. The molecule has 0 aromatic carbocycles. The first-order valence-corrected chi connectivity index (χ1v) is 7.51. The van der Waals surface area contributed by atoms with Crippen molar-refractivity contribution in [2.75, 3.05) is 19.7 Å². The number of aromatic nitrogens is 1. The van der Waals surface area contributed by atoms with Crippen LogP contribution in [0.3, 0.4) is 0 Å². The molecule has 1 aromatic heterocycles. The molecular formula is C15H17F3N2O3. The lowest BCUT2D eigenvalue weighted by Gasteiger charge is -2.34. The second-order valence-electron chi connectivity index (χ2n) is 5.91. The molecule has 1 aromatic rings. The monoisotopic (exact) mass is 330 g/mol. The molecule has 1 aliphatic heterocycles. The molecule has 0 bridgehead atoms. The van der Waals surface area contributed by atoms with Crippen LogP contribution in [0.25, 0.3) is 0 Å². The number of fused-ring (bicyclic) bond motifs is 1. The predicted octanol–water partition coefficient (Wildman–Crippen LogP) is 2.25. The van der Waals surface area contributed by atoms with Crippen LogP contribution in [0.15, 0.2) is 0 Å². The summed E-state index contributed by atoms with van der Waals surface area (Å²) in [5.41, 5.74) is 1.81. The largest absolute Gasteiger partial charge is 0.416 e.